The molecule has 2 amide bonds. The molecule has 0 bridgehead atoms. The van der Waals surface area contributed by atoms with Crippen LogP contribution in [0.1, 0.15) is 31.8 Å². The molecule has 3 aromatic carbocycles. The number of halogens is 1. The van der Waals surface area contributed by atoms with Crippen molar-refractivity contribution < 1.29 is 14.4 Å². The summed E-state index contributed by atoms with van der Waals surface area (Å²) in [5.74, 6) is -0.795. The van der Waals surface area contributed by atoms with Crippen molar-refractivity contribution in [1.29, 1.82) is 0 Å². The van der Waals surface area contributed by atoms with E-state index in [1.165, 1.54) is 11.0 Å². The van der Waals surface area contributed by atoms with E-state index in [0.29, 0.717) is 33.9 Å². The van der Waals surface area contributed by atoms with E-state index in [1.807, 2.05) is 18.2 Å². The maximum Gasteiger partial charge on any atom is 0.254 e. The number of carbonyl (C=O) groups excluding carboxylic acids is 3. The van der Waals surface area contributed by atoms with Crippen LogP contribution in [0.25, 0.3) is 0 Å². The molecule has 0 saturated carbocycles. The first-order valence-corrected chi connectivity index (χ1v) is 9.47. The Balaban J connectivity index is 1.52. The second kappa shape index (κ2) is 7.89. The Bertz CT molecular complexity index is 1110. The van der Waals surface area contributed by atoms with Crippen LogP contribution in [0.15, 0.2) is 72.8 Å². The molecule has 1 heterocycles. The highest BCUT2D eigenvalue weighted by molar-refractivity contribution is 6.31. The Kier molecular flexibility index (Phi) is 5.14. The predicted molar refractivity (Wildman–Crippen MR) is 111 cm³/mol. The second-order valence-electron chi connectivity index (χ2n) is 6.75. The van der Waals surface area contributed by atoms with Gasteiger partial charge in [-0.1, -0.05) is 60.1 Å². The van der Waals surface area contributed by atoms with E-state index in [9.17, 15) is 14.4 Å². The zero-order chi connectivity index (χ0) is 20.4. The highest BCUT2D eigenvalue weighted by Crippen LogP contribution is 2.25. The zero-order valence-corrected chi connectivity index (χ0v) is 16.1. The average molecular weight is 405 g/mol. The van der Waals surface area contributed by atoms with Crippen molar-refractivity contribution >= 4 is 34.9 Å². The summed E-state index contributed by atoms with van der Waals surface area (Å²) in [6, 6.07) is 20.8. The summed E-state index contributed by atoms with van der Waals surface area (Å²) in [4.78, 5) is 39.4. The SMILES string of the molecule is O=C(CN1Cc2ccccc2C1=O)Nc1ccc(Cl)cc1C(=O)c1ccccc1. The largest absolute Gasteiger partial charge is 0.325 e. The van der Waals surface area contributed by atoms with Gasteiger partial charge in [-0.05, 0) is 29.8 Å². The highest BCUT2D eigenvalue weighted by Gasteiger charge is 2.28. The lowest BCUT2D eigenvalue weighted by molar-refractivity contribution is -0.116. The van der Waals surface area contributed by atoms with E-state index in [2.05, 4.69) is 5.32 Å². The molecule has 0 aromatic heterocycles. The van der Waals surface area contributed by atoms with Crippen molar-refractivity contribution in [3.05, 3.63) is 100 Å². The Morgan fingerprint density at radius 1 is 0.966 bits per heavy atom. The van der Waals surface area contributed by atoms with Crippen LogP contribution in [0.4, 0.5) is 5.69 Å². The Morgan fingerprint density at radius 3 is 2.45 bits per heavy atom. The van der Waals surface area contributed by atoms with Gasteiger partial charge in [0.25, 0.3) is 5.91 Å². The minimum absolute atomic E-state index is 0.102. The minimum atomic E-state index is -0.379. The lowest BCUT2D eigenvalue weighted by atomic mass is 10.0. The number of nitrogens with one attached hydrogen (secondary N) is 1. The van der Waals surface area contributed by atoms with Crippen molar-refractivity contribution in [2.75, 3.05) is 11.9 Å². The molecule has 1 aliphatic rings. The number of hydrogen-bond donors (Lipinski definition) is 1. The van der Waals surface area contributed by atoms with Gasteiger partial charge in [-0.2, -0.15) is 0 Å². The number of benzene rings is 3. The van der Waals surface area contributed by atoms with Gasteiger partial charge in [-0.25, -0.2) is 0 Å². The van der Waals surface area contributed by atoms with Crippen LogP contribution in [-0.2, 0) is 11.3 Å². The van der Waals surface area contributed by atoms with Gasteiger partial charge in [0, 0.05) is 28.3 Å². The summed E-state index contributed by atoms with van der Waals surface area (Å²) in [6.45, 7) is 0.286. The lowest BCUT2D eigenvalue weighted by Gasteiger charge is -2.16. The molecule has 29 heavy (non-hydrogen) atoms. The smallest absolute Gasteiger partial charge is 0.254 e. The third kappa shape index (κ3) is 3.91. The molecule has 0 unspecified atom stereocenters. The molecule has 0 atom stereocenters. The average Bonchev–Trinajstić information content (AvgIpc) is 3.05. The minimum Gasteiger partial charge on any atom is -0.325 e. The summed E-state index contributed by atoms with van der Waals surface area (Å²) in [5, 5.41) is 3.15. The number of rotatable bonds is 5. The molecule has 0 radical (unpaired) electrons. The number of fused-ring (bicyclic) bond motifs is 1. The number of amides is 2. The van der Waals surface area contributed by atoms with Crippen LogP contribution < -0.4 is 5.32 Å². The van der Waals surface area contributed by atoms with Gasteiger partial charge in [0.1, 0.15) is 6.54 Å². The first kappa shape index (κ1) is 18.9. The van der Waals surface area contributed by atoms with Gasteiger partial charge in [-0.15, -0.1) is 0 Å². The van der Waals surface area contributed by atoms with Crippen LogP contribution in [0.2, 0.25) is 5.02 Å². The van der Waals surface area contributed by atoms with Gasteiger partial charge in [0.15, 0.2) is 5.78 Å². The van der Waals surface area contributed by atoms with Gasteiger partial charge in [0.05, 0.1) is 5.69 Å². The molecule has 0 spiro atoms. The molecule has 0 aliphatic carbocycles. The molecule has 0 saturated heterocycles. The Morgan fingerprint density at radius 2 is 1.69 bits per heavy atom. The summed E-state index contributed by atoms with van der Waals surface area (Å²) in [5.41, 5.74) is 2.67. The fourth-order valence-corrected chi connectivity index (χ4v) is 3.54. The molecule has 0 fully saturated rings. The quantitative estimate of drug-likeness (QED) is 0.649. The summed E-state index contributed by atoms with van der Waals surface area (Å²) in [7, 11) is 0. The van der Waals surface area contributed by atoms with E-state index in [1.54, 1.807) is 48.5 Å². The van der Waals surface area contributed by atoms with Crippen LogP contribution >= 0.6 is 11.6 Å². The fourth-order valence-electron chi connectivity index (χ4n) is 3.36. The second-order valence-corrected chi connectivity index (χ2v) is 7.19. The van der Waals surface area contributed by atoms with Gasteiger partial charge < -0.3 is 10.2 Å². The van der Waals surface area contributed by atoms with E-state index >= 15 is 0 Å². The molecular formula is C23H17ClN2O3. The van der Waals surface area contributed by atoms with Crippen molar-refractivity contribution in [2.24, 2.45) is 0 Å². The molecule has 6 heteroatoms. The van der Waals surface area contributed by atoms with E-state index in [-0.39, 0.29) is 24.1 Å². The normalized spacial score (nSPS) is 12.6. The number of nitrogens with zero attached hydrogens (tertiary/aromatic N) is 1. The molecule has 5 nitrogen and oxygen atoms in total. The topological polar surface area (TPSA) is 66.5 Å². The van der Waals surface area contributed by atoms with Crippen molar-refractivity contribution in [3.8, 4) is 0 Å². The number of anilines is 1. The van der Waals surface area contributed by atoms with Crippen LogP contribution in [0.3, 0.4) is 0 Å². The third-order valence-corrected chi connectivity index (χ3v) is 5.00. The zero-order valence-electron chi connectivity index (χ0n) is 15.4. The molecule has 144 valence electrons. The first-order valence-electron chi connectivity index (χ1n) is 9.09. The fraction of sp³-hybridized carbons (Fsp3) is 0.0870. The highest BCUT2D eigenvalue weighted by atomic mass is 35.5. The van der Waals surface area contributed by atoms with Gasteiger partial charge >= 0.3 is 0 Å². The van der Waals surface area contributed by atoms with Crippen molar-refractivity contribution in [1.82, 2.24) is 4.90 Å². The van der Waals surface area contributed by atoms with E-state index in [4.69, 9.17) is 11.6 Å². The maximum absolute atomic E-state index is 12.9. The van der Waals surface area contributed by atoms with Crippen molar-refractivity contribution in [3.63, 3.8) is 0 Å². The molecular weight excluding hydrogens is 388 g/mol. The summed E-state index contributed by atoms with van der Waals surface area (Å²) < 4.78 is 0. The standard InChI is InChI=1S/C23H17ClN2O3/c24-17-10-11-20(19(12-17)22(28)15-6-2-1-3-7-15)25-21(27)14-26-13-16-8-4-5-9-18(16)23(26)29/h1-12H,13-14H2,(H,25,27). The molecule has 1 N–H and O–H groups in total. The van der Waals surface area contributed by atoms with E-state index < -0.39 is 0 Å². The van der Waals surface area contributed by atoms with Crippen LogP contribution in [-0.4, -0.2) is 29.0 Å². The van der Waals surface area contributed by atoms with Gasteiger partial charge in [-0.3, -0.25) is 14.4 Å². The lowest BCUT2D eigenvalue weighted by Crippen LogP contribution is -2.33. The number of carbonyl (C=O) groups is 3. The Hall–Kier alpha value is -3.44. The predicted octanol–water partition coefficient (Wildman–Crippen LogP) is 4.17. The molecule has 4 rings (SSSR count). The Labute approximate surface area is 172 Å². The van der Waals surface area contributed by atoms with E-state index in [0.717, 1.165) is 5.56 Å². The molecule has 1 aliphatic heterocycles. The summed E-state index contributed by atoms with van der Waals surface area (Å²) in [6.07, 6.45) is 0. The first-order chi connectivity index (χ1) is 14.0. The summed E-state index contributed by atoms with van der Waals surface area (Å²) >= 11 is 6.08. The number of ketones is 1. The van der Waals surface area contributed by atoms with Crippen LogP contribution in [0, 0.1) is 0 Å². The van der Waals surface area contributed by atoms with Gasteiger partial charge in [0.2, 0.25) is 5.91 Å². The maximum atomic E-state index is 12.9. The third-order valence-electron chi connectivity index (χ3n) is 4.77. The van der Waals surface area contributed by atoms with Crippen LogP contribution in [0.5, 0.6) is 0 Å². The molecule has 3 aromatic rings. The number of hydrogen-bond acceptors (Lipinski definition) is 3. The van der Waals surface area contributed by atoms with Crippen molar-refractivity contribution in [2.45, 2.75) is 6.54 Å². The monoisotopic (exact) mass is 404 g/mol.